The molecule has 0 atom stereocenters. The van der Waals surface area contributed by atoms with Crippen LogP contribution in [0, 0.1) is 13.8 Å². The number of hydrogen-bond donors (Lipinski definition) is 0. The topological polar surface area (TPSA) is 17.8 Å². The number of nitrogens with zero attached hydrogens (tertiary/aromatic N) is 2. The minimum Gasteiger partial charge on any atom is -0.298 e. The summed E-state index contributed by atoms with van der Waals surface area (Å²) in [5.41, 5.74) is 1.02. The number of para-hydroxylation sites is 1. The first-order chi connectivity index (χ1) is 16.8. The van der Waals surface area contributed by atoms with Crippen LogP contribution in [-0.2, 0) is 0 Å². The Bertz CT molecular complexity index is 1790. The Morgan fingerprint density at radius 1 is 0.760 bits per heavy atom. The number of hydrogen-bond acceptors (Lipinski definition) is 1. The van der Waals surface area contributed by atoms with Crippen LogP contribution in [0.5, 0.6) is 0 Å². The average Bonchev–Trinajstić information content (AvgIpc) is 3.18. The van der Waals surface area contributed by atoms with Crippen molar-refractivity contribution in [3.63, 3.8) is 0 Å². The zero-order valence-electron chi connectivity index (χ0n) is 24.5. The SMILES string of the molecule is [2H]c1cc2c3nc([2H])n(-c4c(C)c([2H])c([2H])c([2H])c4C)c3c3c([2H])c([2H])c([2H])c([2H])c3c2c([2H])c1[2H]. The smallest absolute Gasteiger partial charge is 0.105 e. The summed E-state index contributed by atoms with van der Waals surface area (Å²) in [5.74, 6) is 0. The van der Waals surface area contributed by atoms with E-state index in [1.54, 1.807) is 13.8 Å². The molecule has 0 bridgehead atoms. The number of fused-ring (bicyclic) bond motifs is 6. The van der Waals surface area contributed by atoms with E-state index in [2.05, 4.69) is 4.98 Å². The van der Waals surface area contributed by atoms with Gasteiger partial charge in [-0.05, 0) is 35.7 Å². The summed E-state index contributed by atoms with van der Waals surface area (Å²) in [6.07, 6.45) is -0.345. The third kappa shape index (κ3) is 1.94. The van der Waals surface area contributed by atoms with Crippen molar-refractivity contribution in [2.75, 3.05) is 0 Å². The highest BCUT2D eigenvalue weighted by molar-refractivity contribution is 6.23. The van der Waals surface area contributed by atoms with Gasteiger partial charge in [0.05, 0.1) is 30.4 Å². The molecule has 2 nitrogen and oxygen atoms in total. The van der Waals surface area contributed by atoms with Gasteiger partial charge in [0.2, 0.25) is 0 Å². The van der Waals surface area contributed by atoms with E-state index in [4.69, 9.17) is 15.1 Å². The minimum atomic E-state index is -0.529. The maximum absolute atomic E-state index is 8.70. The van der Waals surface area contributed by atoms with Crippen LogP contribution in [0.1, 0.15) is 26.2 Å². The molecule has 4 aromatic carbocycles. The van der Waals surface area contributed by atoms with Crippen molar-refractivity contribution >= 4 is 32.6 Å². The van der Waals surface area contributed by atoms with Gasteiger partial charge in [-0.15, -0.1) is 0 Å². The number of benzene rings is 4. The first kappa shape index (κ1) is 7.01. The van der Waals surface area contributed by atoms with Crippen molar-refractivity contribution in [1.29, 1.82) is 0 Å². The quantitative estimate of drug-likeness (QED) is 0.347. The fourth-order valence-corrected chi connectivity index (χ4v) is 3.25. The molecule has 0 aliphatic carbocycles. The summed E-state index contributed by atoms with van der Waals surface area (Å²) >= 11 is 0. The molecule has 0 unspecified atom stereocenters. The fraction of sp³-hybridized carbons (Fsp3) is 0.0870. The van der Waals surface area contributed by atoms with E-state index in [0.717, 1.165) is 0 Å². The first-order valence-electron chi connectivity index (χ1n) is 13.2. The largest absolute Gasteiger partial charge is 0.298 e. The van der Waals surface area contributed by atoms with Crippen molar-refractivity contribution in [3.8, 4) is 5.69 Å². The van der Waals surface area contributed by atoms with Crippen LogP contribution in [0.3, 0.4) is 0 Å². The highest BCUT2D eigenvalue weighted by Gasteiger charge is 2.15. The molecule has 5 rings (SSSR count). The van der Waals surface area contributed by atoms with Crippen molar-refractivity contribution in [1.82, 2.24) is 9.55 Å². The van der Waals surface area contributed by atoms with Gasteiger partial charge in [0, 0.05) is 10.8 Å². The molecule has 1 heterocycles. The Labute approximate surface area is 161 Å². The standard InChI is InChI=1S/C23H18N2/c1-15-8-7-9-16(2)22(15)25-14-24-21-19-12-5-3-10-17(19)18-11-4-6-13-20(18)23(21)25/h3-14H,1-2H3/i3D,4D,5D,6D,7D,8D,9D,10D,11D,13D,14D. The Balaban J connectivity index is 2.21. The maximum Gasteiger partial charge on any atom is 0.105 e. The van der Waals surface area contributed by atoms with Crippen LogP contribution in [0.2, 0.25) is 0 Å². The lowest BCUT2D eigenvalue weighted by molar-refractivity contribution is 1.06. The Morgan fingerprint density at radius 2 is 1.40 bits per heavy atom. The predicted octanol–water partition coefficient (Wildman–Crippen LogP) is 5.95. The molecule has 0 radical (unpaired) electrons. The molecule has 0 spiro atoms. The summed E-state index contributed by atoms with van der Waals surface area (Å²) in [7, 11) is 0. The molecule has 120 valence electrons. The van der Waals surface area contributed by atoms with E-state index in [1.807, 2.05) is 0 Å². The van der Waals surface area contributed by atoms with Crippen LogP contribution in [0.4, 0.5) is 0 Å². The lowest BCUT2D eigenvalue weighted by atomic mass is 9.99. The van der Waals surface area contributed by atoms with E-state index in [-0.39, 0.29) is 74.8 Å². The molecule has 0 saturated heterocycles. The predicted molar refractivity (Wildman–Crippen MR) is 106 cm³/mol. The highest BCUT2D eigenvalue weighted by atomic mass is 15.1. The van der Waals surface area contributed by atoms with Crippen LogP contribution >= 0.6 is 0 Å². The average molecular weight is 333 g/mol. The van der Waals surface area contributed by atoms with Gasteiger partial charge in [-0.1, -0.05) is 66.5 Å². The zero-order chi connectivity index (χ0) is 26.5. The normalized spacial score (nSPS) is 17.8. The molecule has 0 N–H and O–H groups in total. The van der Waals surface area contributed by atoms with E-state index in [9.17, 15) is 0 Å². The van der Waals surface area contributed by atoms with Gasteiger partial charge in [0.15, 0.2) is 0 Å². The van der Waals surface area contributed by atoms with Gasteiger partial charge in [0.25, 0.3) is 0 Å². The van der Waals surface area contributed by atoms with Gasteiger partial charge >= 0.3 is 0 Å². The second-order valence-electron chi connectivity index (χ2n) is 5.80. The van der Waals surface area contributed by atoms with Gasteiger partial charge in [0.1, 0.15) is 7.67 Å². The molecule has 1 aromatic heterocycles. The first-order valence-corrected chi connectivity index (χ1v) is 7.70. The van der Waals surface area contributed by atoms with Gasteiger partial charge < -0.3 is 0 Å². The summed E-state index contributed by atoms with van der Waals surface area (Å²) in [6, 6.07) is -2.38. The zero-order valence-corrected chi connectivity index (χ0v) is 13.5. The molecule has 2 heteroatoms. The summed E-state index contributed by atoms with van der Waals surface area (Å²) < 4.78 is 93.4. The monoisotopic (exact) mass is 333 g/mol. The molecular weight excluding hydrogens is 304 g/mol. The van der Waals surface area contributed by atoms with Crippen LogP contribution < -0.4 is 0 Å². The van der Waals surface area contributed by atoms with Crippen molar-refractivity contribution in [3.05, 3.63) is 83.9 Å². The van der Waals surface area contributed by atoms with Crippen LogP contribution in [-0.4, -0.2) is 9.55 Å². The highest BCUT2D eigenvalue weighted by Crippen LogP contribution is 2.36. The lowest BCUT2D eigenvalue weighted by Crippen LogP contribution is -1.99. The Morgan fingerprint density at radius 3 is 2.16 bits per heavy atom. The van der Waals surface area contributed by atoms with Crippen LogP contribution in [0.15, 0.2) is 72.8 Å². The van der Waals surface area contributed by atoms with E-state index >= 15 is 0 Å². The third-order valence-electron chi connectivity index (χ3n) is 4.32. The molecule has 25 heavy (non-hydrogen) atoms. The second-order valence-corrected chi connectivity index (χ2v) is 5.80. The summed E-state index contributed by atoms with van der Waals surface area (Å²) in [4.78, 5) is 4.35. The number of imidazole rings is 1. The van der Waals surface area contributed by atoms with E-state index in [1.165, 1.54) is 10.6 Å². The van der Waals surface area contributed by atoms with Crippen molar-refractivity contribution < 1.29 is 15.1 Å². The van der Waals surface area contributed by atoms with E-state index in [0.29, 0.717) is 11.1 Å². The van der Waals surface area contributed by atoms with Gasteiger partial charge in [-0.3, -0.25) is 4.57 Å². The number of aromatic nitrogens is 2. The van der Waals surface area contributed by atoms with E-state index < -0.39 is 30.2 Å². The van der Waals surface area contributed by atoms with Crippen molar-refractivity contribution in [2.45, 2.75) is 13.8 Å². The number of rotatable bonds is 1. The lowest BCUT2D eigenvalue weighted by Gasteiger charge is -2.14. The summed E-state index contributed by atoms with van der Waals surface area (Å²) in [6.45, 7) is 3.14. The Hall–Kier alpha value is -3.13. The molecular formula is C23H18N2. The second kappa shape index (κ2) is 5.18. The molecule has 0 amide bonds. The molecule has 5 aromatic rings. The fourth-order valence-electron chi connectivity index (χ4n) is 3.25. The van der Waals surface area contributed by atoms with Crippen LogP contribution in [0.25, 0.3) is 38.3 Å². The van der Waals surface area contributed by atoms with Gasteiger partial charge in [-0.25, -0.2) is 4.98 Å². The maximum atomic E-state index is 8.70. The summed E-state index contributed by atoms with van der Waals surface area (Å²) in [5, 5.41) is 0.164. The molecule has 0 aliphatic heterocycles. The van der Waals surface area contributed by atoms with Crippen molar-refractivity contribution in [2.24, 2.45) is 0 Å². The molecule has 0 saturated carbocycles. The molecule has 0 fully saturated rings. The minimum absolute atomic E-state index is 0.0214. The Kier molecular flexibility index (Phi) is 1.45. The van der Waals surface area contributed by atoms with Gasteiger partial charge in [-0.2, -0.15) is 0 Å². The third-order valence-corrected chi connectivity index (χ3v) is 4.32. The molecule has 0 aliphatic rings.